The van der Waals surface area contributed by atoms with E-state index in [2.05, 4.69) is 12.6 Å². The van der Waals surface area contributed by atoms with Gasteiger partial charge in [0.1, 0.15) is 0 Å². The summed E-state index contributed by atoms with van der Waals surface area (Å²) in [6, 6.07) is 0. The summed E-state index contributed by atoms with van der Waals surface area (Å²) >= 11 is 4.09. The predicted octanol–water partition coefficient (Wildman–Crippen LogP) is 0.440. The number of hydrogen-bond acceptors (Lipinski definition) is 4. The molecule has 13 heavy (non-hydrogen) atoms. The molecule has 0 saturated heterocycles. The summed E-state index contributed by atoms with van der Waals surface area (Å²) in [7, 11) is 0. The average molecular weight is 208 g/mol. The molecular weight excluding hydrogens is 188 g/mol. The van der Waals surface area contributed by atoms with E-state index in [9.17, 15) is 0 Å². The van der Waals surface area contributed by atoms with Gasteiger partial charge in [-0.1, -0.05) is 0 Å². The van der Waals surface area contributed by atoms with Crippen LogP contribution in [-0.2, 0) is 0 Å². The van der Waals surface area contributed by atoms with Crippen molar-refractivity contribution >= 4 is 12.6 Å². The number of rotatable bonds is 8. The third-order valence-corrected chi connectivity index (χ3v) is 2.72. The molecule has 3 N–H and O–H groups in total. The van der Waals surface area contributed by atoms with Crippen LogP contribution in [0.15, 0.2) is 0 Å². The zero-order valence-corrected chi connectivity index (χ0v) is 8.84. The Labute approximate surface area is 85.2 Å². The van der Waals surface area contributed by atoms with Gasteiger partial charge in [0.2, 0.25) is 0 Å². The van der Waals surface area contributed by atoms with E-state index in [-0.39, 0.29) is 19.8 Å². The van der Waals surface area contributed by atoms with Gasteiger partial charge in [-0.3, -0.25) is 0 Å². The van der Waals surface area contributed by atoms with E-state index in [0.29, 0.717) is 12.8 Å². The van der Waals surface area contributed by atoms with E-state index in [0.717, 1.165) is 18.6 Å². The molecule has 0 rings (SSSR count). The summed E-state index contributed by atoms with van der Waals surface area (Å²) in [6.45, 7) is 0.0805. The minimum Gasteiger partial charge on any atom is -0.396 e. The highest BCUT2D eigenvalue weighted by Crippen LogP contribution is 2.28. The van der Waals surface area contributed by atoms with Crippen LogP contribution in [0.1, 0.15) is 25.7 Å². The van der Waals surface area contributed by atoms with Gasteiger partial charge < -0.3 is 15.3 Å². The van der Waals surface area contributed by atoms with Crippen LogP contribution in [-0.4, -0.2) is 40.9 Å². The van der Waals surface area contributed by atoms with E-state index < -0.39 is 5.41 Å². The second-order valence-corrected chi connectivity index (χ2v) is 3.92. The van der Waals surface area contributed by atoms with Crippen molar-refractivity contribution in [3.63, 3.8) is 0 Å². The zero-order chi connectivity index (χ0) is 10.2. The smallest absolute Gasteiger partial charge is 0.0509 e. The summed E-state index contributed by atoms with van der Waals surface area (Å²) in [5.74, 6) is 0.765. The van der Waals surface area contributed by atoms with Crippen LogP contribution in [0.4, 0.5) is 0 Å². The second-order valence-electron chi connectivity index (χ2n) is 3.47. The second kappa shape index (κ2) is 7.62. The Morgan fingerprint density at radius 1 is 0.923 bits per heavy atom. The first kappa shape index (κ1) is 13.2. The third-order valence-electron chi connectivity index (χ3n) is 2.40. The first-order chi connectivity index (χ1) is 6.24. The Balaban J connectivity index is 3.97. The maximum absolute atomic E-state index is 9.16. The predicted molar refractivity (Wildman–Crippen MR) is 56.0 cm³/mol. The van der Waals surface area contributed by atoms with Crippen molar-refractivity contribution in [1.29, 1.82) is 0 Å². The number of aliphatic hydroxyl groups is 3. The van der Waals surface area contributed by atoms with Crippen molar-refractivity contribution in [3.05, 3.63) is 0 Å². The average Bonchev–Trinajstić information content (AvgIpc) is 2.20. The first-order valence-corrected chi connectivity index (χ1v) is 5.31. The highest BCUT2D eigenvalue weighted by molar-refractivity contribution is 7.80. The fourth-order valence-electron chi connectivity index (χ4n) is 1.40. The van der Waals surface area contributed by atoms with Crippen molar-refractivity contribution in [1.82, 2.24) is 0 Å². The Bertz CT molecular complexity index is 105. The lowest BCUT2D eigenvalue weighted by molar-refractivity contribution is 0.0340. The molecule has 0 unspecified atom stereocenters. The molecule has 0 aromatic rings. The quantitative estimate of drug-likeness (QED) is 0.438. The van der Waals surface area contributed by atoms with E-state index in [1.165, 1.54) is 0 Å². The van der Waals surface area contributed by atoms with Crippen molar-refractivity contribution in [2.24, 2.45) is 5.41 Å². The van der Waals surface area contributed by atoms with Gasteiger partial charge in [-0.25, -0.2) is 0 Å². The van der Waals surface area contributed by atoms with E-state index in [1.54, 1.807) is 0 Å². The van der Waals surface area contributed by atoms with Crippen LogP contribution < -0.4 is 0 Å². The fourth-order valence-corrected chi connectivity index (χ4v) is 1.56. The SMILES string of the molecule is OCCCC(CO)(CO)CCCS. The van der Waals surface area contributed by atoms with Crippen LogP contribution in [0, 0.1) is 5.41 Å². The molecule has 3 nitrogen and oxygen atoms in total. The van der Waals surface area contributed by atoms with Crippen LogP contribution >= 0.6 is 12.6 Å². The molecular formula is C9H20O3S. The lowest BCUT2D eigenvalue weighted by Gasteiger charge is -2.29. The molecule has 0 aliphatic heterocycles. The molecule has 0 aliphatic rings. The third kappa shape index (κ3) is 4.86. The van der Waals surface area contributed by atoms with Crippen LogP contribution in [0.5, 0.6) is 0 Å². The van der Waals surface area contributed by atoms with E-state index in [1.807, 2.05) is 0 Å². The largest absolute Gasteiger partial charge is 0.396 e. The molecule has 0 saturated carbocycles. The summed E-state index contributed by atoms with van der Waals surface area (Å²) in [6.07, 6.45) is 2.96. The van der Waals surface area contributed by atoms with Crippen molar-refractivity contribution in [2.75, 3.05) is 25.6 Å². The number of hydrogen-bond donors (Lipinski definition) is 4. The van der Waals surface area contributed by atoms with Crippen LogP contribution in [0.3, 0.4) is 0 Å². The minimum atomic E-state index is -0.411. The monoisotopic (exact) mass is 208 g/mol. The lowest BCUT2D eigenvalue weighted by Crippen LogP contribution is -2.30. The molecule has 4 heteroatoms. The van der Waals surface area contributed by atoms with Gasteiger partial charge in [0, 0.05) is 12.0 Å². The van der Waals surface area contributed by atoms with Gasteiger partial charge >= 0.3 is 0 Å². The van der Waals surface area contributed by atoms with Gasteiger partial charge in [-0.15, -0.1) is 0 Å². The molecule has 0 radical (unpaired) electrons. The van der Waals surface area contributed by atoms with Crippen LogP contribution in [0.25, 0.3) is 0 Å². The van der Waals surface area contributed by atoms with Crippen molar-refractivity contribution in [3.8, 4) is 0 Å². The molecule has 0 atom stereocenters. The molecule has 0 spiro atoms. The molecule has 0 fully saturated rings. The standard InChI is InChI=1S/C9H20O3S/c10-5-1-3-9(7-11,8-12)4-2-6-13/h10-13H,1-8H2. The Morgan fingerprint density at radius 3 is 1.85 bits per heavy atom. The maximum Gasteiger partial charge on any atom is 0.0509 e. The van der Waals surface area contributed by atoms with Gasteiger partial charge in [0.25, 0.3) is 0 Å². The summed E-state index contributed by atoms with van der Waals surface area (Å²) in [4.78, 5) is 0. The molecule has 0 bridgehead atoms. The van der Waals surface area contributed by atoms with Crippen molar-refractivity contribution in [2.45, 2.75) is 25.7 Å². The maximum atomic E-state index is 9.16. The Morgan fingerprint density at radius 2 is 1.46 bits per heavy atom. The number of aliphatic hydroxyl groups excluding tert-OH is 3. The first-order valence-electron chi connectivity index (χ1n) is 4.68. The molecule has 0 aromatic heterocycles. The fraction of sp³-hybridized carbons (Fsp3) is 1.00. The van der Waals surface area contributed by atoms with Crippen LogP contribution in [0.2, 0.25) is 0 Å². The topological polar surface area (TPSA) is 60.7 Å². The van der Waals surface area contributed by atoms with E-state index >= 15 is 0 Å². The lowest BCUT2D eigenvalue weighted by atomic mass is 9.81. The summed E-state index contributed by atoms with van der Waals surface area (Å²) in [5.41, 5.74) is -0.411. The van der Waals surface area contributed by atoms with Gasteiger partial charge in [0.05, 0.1) is 13.2 Å². The summed E-state index contributed by atoms with van der Waals surface area (Å²) in [5, 5.41) is 27.0. The van der Waals surface area contributed by atoms with Gasteiger partial charge in [0.15, 0.2) is 0 Å². The minimum absolute atomic E-state index is 0.0166. The molecule has 0 aliphatic carbocycles. The van der Waals surface area contributed by atoms with E-state index in [4.69, 9.17) is 15.3 Å². The molecule has 0 heterocycles. The zero-order valence-electron chi connectivity index (χ0n) is 7.95. The molecule has 80 valence electrons. The Hall–Kier alpha value is 0.230. The normalized spacial score (nSPS) is 12.0. The molecule has 0 amide bonds. The van der Waals surface area contributed by atoms with Gasteiger partial charge in [-0.05, 0) is 31.4 Å². The summed E-state index contributed by atoms with van der Waals surface area (Å²) < 4.78 is 0. The van der Waals surface area contributed by atoms with Gasteiger partial charge in [-0.2, -0.15) is 12.6 Å². The van der Waals surface area contributed by atoms with Crippen molar-refractivity contribution < 1.29 is 15.3 Å². The number of thiol groups is 1. The highest BCUT2D eigenvalue weighted by atomic mass is 32.1. The molecule has 0 aromatic carbocycles. The highest BCUT2D eigenvalue weighted by Gasteiger charge is 2.27. The Kier molecular flexibility index (Phi) is 7.75.